The first-order valence-electron chi connectivity index (χ1n) is 10.2. The highest BCUT2D eigenvalue weighted by atomic mass is 19.1. The van der Waals surface area contributed by atoms with Gasteiger partial charge in [-0.2, -0.15) is 0 Å². The van der Waals surface area contributed by atoms with Crippen LogP contribution in [0.1, 0.15) is 38.5 Å². The Kier molecular flexibility index (Phi) is 5.28. The van der Waals surface area contributed by atoms with E-state index >= 15 is 0 Å². The lowest BCUT2D eigenvalue weighted by molar-refractivity contribution is 0.0822. The van der Waals surface area contributed by atoms with Crippen LogP contribution < -0.4 is 4.90 Å². The molecule has 3 heterocycles. The summed E-state index contributed by atoms with van der Waals surface area (Å²) < 4.78 is 13.6. The maximum absolute atomic E-state index is 13.6. The Labute approximate surface area is 151 Å². The SMILES string of the molecule is Fc1cccc(N2CCCC3(CCN(CCN4CCCC4)CC3)C2)c1. The smallest absolute Gasteiger partial charge is 0.125 e. The van der Waals surface area contributed by atoms with Crippen molar-refractivity contribution in [2.45, 2.75) is 38.5 Å². The molecule has 4 rings (SSSR count). The summed E-state index contributed by atoms with van der Waals surface area (Å²) in [6.45, 7) is 9.77. The summed E-state index contributed by atoms with van der Waals surface area (Å²) in [5.74, 6) is -0.117. The van der Waals surface area contributed by atoms with Crippen molar-refractivity contribution >= 4 is 5.69 Å². The number of halogens is 1. The Hall–Kier alpha value is -1.13. The van der Waals surface area contributed by atoms with Gasteiger partial charge in [-0.3, -0.25) is 0 Å². The number of benzene rings is 1. The van der Waals surface area contributed by atoms with Gasteiger partial charge in [-0.1, -0.05) is 6.07 Å². The van der Waals surface area contributed by atoms with Gasteiger partial charge in [0.25, 0.3) is 0 Å². The van der Waals surface area contributed by atoms with Gasteiger partial charge in [0, 0.05) is 31.9 Å². The lowest BCUT2D eigenvalue weighted by atomic mass is 9.72. The predicted molar refractivity (Wildman–Crippen MR) is 102 cm³/mol. The van der Waals surface area contributed by atoms with Crippen LogP contribution in [0.2, 0.25) is 0 Å². The van der Waals surface area contributed by atoms with Crippen LogP contribution in [-0.4, -0.2) is 62.2 Å². The molecule has 4 heteroatoms. The van der Waals surface area contributed by atoms with Crippen molar-refractivity contribution in [2.24, 2.45) is 5.41 Å². The first kappa shape index (κ1) is 17.3. The summed E-state index contributed by atoms with van der Waals surface area (Å²) >= 11 is 0. The largest absolute Gasteiger partial charge is 0.371 e. The summed E-state index contributed by atoms with van der Waals surface area (Å²) in [5, 5.41) is 0. The van der Waals surface area contributed by atoms with Crippen LogP contribution >= 0.6 is 0 Å². The fourth-order valence-corrected chi connectivity index (χ4v) is 5.05. The second-order valence-corrected chi connectivity index (χ2v) is 8.40. The fraction of sp³-hybridized carbons (Fsp3) is 0.714. The average Bonchev–Trinajstić information content (AvgIpc) is 3.15. The van der Waals surface area contributed by atoms with Crippen LogP contribution in [0, 0.1) is 11.2 Å². The zero-order valence-electron chi connectivity index (χ0n) is 15.4. The number of hydrogen-bond donors (Lipinski definition) is 0. The number of anilines is 1. The molecule has 1 spiro atoms. The number of rotatable bonds is 4. The molecule has 0 N–H and O–H groups in total. The Balaban J connectivity index is 1.30. The van der Waals surface area contributed by atoms with Gasteiger partial charge in [0.1, 0.15) is 5.82 Å². The minimum atomic E-state index is -0.117. The molecule has 3 aliphatic heterocycles. The molecule has 1 aromatic rings. The van der Waals surface area contributed by atoms with Crippen molar-refractivity contribution in [3.8, 4) is 0 Å². The number of hydrogen-bond acceptors (Lipinski definition) is 3. The van der Waals surface area contributed by atoms with E-state index in [1.165, 1.54) is 77.8 Å². The highest BCUT2D eigenvalue weighted by molar-refractivity contribution is 5.47. The van der Waals surface area contributed by atoms with Crippen molar-refractivity contribution in [3.05, 3.63) is 30.1 Å². The second-order valence-electron chi connectivity index (χ2n) is 8.40. The van der Waals surface area contributed by atoms with Gasteiger partial charge in [-0.15, -0.1) is 0 Å². The number of likely N-dealkylation sites (tertiary alicyclic amines) is 2. The maximum Gasteiger partial charge on any atom is 0.125 e. The van der Waals surface area contributed by atoms with E-state index < -0.39 is 0 Å². The summed E-state index contributed by atoms with van der Waals surface area (Å²) in [6, 6.07) is 7.15. The van der Waals surface area contributed by atoms with Gasteiger partial charge >= 0.3 is 0 Å². The third-order valence-electron chi connectivity index (χ3n) is 6.68. The van der Waals surface area contributed by atoms with E-state index in [1.807, 2.05) is 6.07 Å². The monoisotopic (exact) mass is 345 g/mol. The Morgan fingerprint density at radius 1 is 0.840 bits per heavy atom. The third-order valence-corrected chi connectivity index (χ3v) is 6.68. The molecule has 0 amide bonds. The Morgan fingerprint density at radius 3 is 2.28 bits per heavy atom. The van der Waals surface area contributed by atoms with Crippen LogP contribution in [0.5, 0.6) is 0 Å². The van der Waals surface area contributed by atoms with Crippen LogP contribution in [0.15, 0.2) is 24.3 Å². The molecule has 0 aliphatic carbocycles. The molecule has 0 atom stereocenters. The van der Waals surface area contributed by atoms with Crippen LogP contribution in [0.3, 0.4) is 0 Å². The maximum atomic E-state index is 13.6. The lowest BCUT2D eigenvalue weighted by Gasteiger charge is -2.48. The van der Waals surface area contributed by atoms with Crippen LogP contribution in [0.4, 0.5) is 10.1 Å². The van der Waals surface area contributed by atoms with Crippen molar-refractivity contribution in [3.63, 3.8) is 0 Å². The molecular weight excluding hydrogens is 313 g/mol. The van der Waals surface area contributed by atoms with E-state index in [1.54, 1.807) is 12.1 Å². The Morgan fingerprint density at radius 2 is 1.56 bits per heavy atom. The van der Waals surface area contributed by atoms with Crippen molar-refractivity contribution < 1.29 is 4.39 Å². The highest BCUT2D eigenvalue weighted by Crippen LogP contribution is 2.41. The van der Waals surface area contributed by atoms with Crippen LogP contribution in [0.25, 0.3) is 0 Å². The van der Waals surface area contributed by atoms with Gasteiger partial charge in [0.05, 0.1) is 0 Å². The molecule has 0 bridgehead atoms. The molecule has 3 nitrogen and oxygen atoms in total. The minimum absolute atomic E-state index is 0.117. The quantitative estimate of drug-likeness (QED) is 0.825. The molecule has 25 heavy (non-hydrogen) atoms. The summed E-state index contributed by atoms with van der Waals surface area (Å²) in [7, 11) is 0. The molecule has 138 valence electrons. The van der Waals surface area contributed by atoms with E-state index in [4.69, 9.17) is 0 Å². The van der Waals surface area contributed by atoms with Gasteiger partial charge in [-0.05, 0) is 88.3 Å². The van der Waals surface area contributed by atoms with Gasteiger partial charge in [-0.25, -0.2) is 4.39 Å². The topological polar surface area (TPSA) is 9.72 Å². The number of piperidine rings is 2. The zero-order chi connectivity index (χ0) is 17.1. The molecular formula is C21H32FN3. The van der Waals surface area contributed by atoms with Gasteiger partial charge in [0.15, 0.2) is 0 Å². The standard InChI is InChI=1S/C21H32FN3/c22-19-5-3-6-20(17-19)25-12-4-7-21(18-25)8-13-24(14-9-21)16-15-23-10-1-2-11-23/h3,5-6,17H,1-2,4,7-16,18H2. The third kappa shape index (κ3) is 4.17. The van der Waals surface area contributed by atoms with Crippen molar-refractivity contribution in [1.82, 2.24) is 9.80 Å². The first-order chi connectivity index (χ1) is 12.2. The predicted octanol–water partition coefficient (Wildman–Crippen LogP) is 3.60. The normalized spacial score (nSPS) is 24.9. The highest BCUT2D eigenvalue weighted by Gasteiger charge is 2.38. The summed E-state index contributed by atoms with van der Waals surface area (Å²) in [4.78, 5) is 7.72. The molecule has 0 saturated carbocycles. The second kappa shape index (κ2) is 7.63. The molecule has 0 aromatic heterocycles. The van der Waals surface area contributed by atoms with Crippen molar-refractivity contribution in [1.29, 1.82) is 0 Å². The molecule has 0 radical (unpaired) electrons. The van der Waals surface area contributed by atoms with E-state index in [0.29, 0.717) is 5.41 Å². The molecule has 3 aliphatic rings. The molecule has 3 saturated heterocycles. The van der Waals surface area contributed by atoms with E-state index in [0.717, 1.165) is 18.8 Å². The van der Waals surface area contributed by atoms with Crippen LogP contribution in [-0.2, 0) is 0 Å². The van der Waals surface area contributed by atoms with E-state index in [2.05, 4.69) is 20.8 Å². The Bertz CT molecular complexity index is 562. The fourth-order valence-electron chi connectivity index (χ4n) is 5.05. The minimum Gasteiger partial charge on any atom is -0.371 e. The zero-order valence-corrected chi connectivity index (χ0v) is 15.4. The van der Waals surface area contributed by atoms with Gasteiger partial charge in [0.2, 0.25) is 0 Å². The van der Waals surface area contributed by atoms with Gasteiger partial charge < -0.3 is 14.7 Å². The molecule has 0 unspecified atom stereocenters. The number of nitrogens with zero attached hydrogens (tertiary/aromatic N) is 3. The lowest BCUT2D eigenvalue weighted by Crippen LogP contribution is -2.50. The summed E-state index contributed by atoms with van der Waals surface area (Å²) in [6.07, 6.45) is 7.97. The molecule has 3 fully saturated rings. The van der Waals surface area contributed by atoms with Crippen molar-refractivity contribution in [2.75, 3.05) is 57.3 Å². The summed E-state index contributed by atoms with van der Waals surface area (Å²) in [5.41, 5.74) is 1.52. The average molecular weight is 346 g/mol. The van der Waals surface area contributed by atoms with E-state index in [9.17, 15) is 4.39 Å². The van der Waals surface area contributed by atoms with E-state index in [-0.39, 0.29) is 5.82 Å². The first-order valence-corrected chi connectivity index (χ1v) is 10.2. The molecule has 1 aromatic carbocycles.